The van der Waals surface area contributed by atoms with Crippen LogP contribution in [-0.2, 0) is 31.6 Å². The van der Waals surface area contributed by atoms with Gasteiger partial charge in [0.1, 0.15) is 0 Å². The first-order chi connectivity index (χ1) is 16.0. The summed E-state index contributed by atoms with van der Waals surface area (Å²) in [5.41, 5.74) is 2.35. The fourth-order valence-electron chi connectivity index (χ4n) is 3.31. The van der Waals surface area contributed by atoms with E-state index < -0.39 is 59.5 Å². The summed E-state index contributed by atoms with van der Waals surface area (Å²) >= 11 is 0. The molecule has 0 radical (unpaired) electrons. The van der Waals surface area contributed by atoms with E-state index in [0.29, 0.717) is 0 Å². The van der Waals surface area contributed by atoms with E-state index in [1.807, 2.05) is 0 Å². The van der Waals surface area contributed by atoms with Gasteiger partial charge in [-0.3, -0.25) is 18.9 Å². The van der Waals surface area contributed by atoms with E-state index in [1.165, 1.54) is 0 Å². The Morgan fingerprint density at radius 1 is 1.31 bits per heavy atom. The van der Waals surface area contributed by atoms with Crippen LogP contribution in [0, 0.1) is 18.3 Å². The molecule has 1 saturated heterocycles. The summed E-state index contributed by atoms with van der Waals surface area (Å²) in [6.07, 6.45) is 4.86. The van der Waals surface area contributed by atoms with E-state index in [1.54, 1.807) is 0 Å². The molecule has 8 N–H and O–H groups in total. The Kier molecular flexibility index (Phi) is 7.30. The first-order valence-corrected chi connectivity index (χ1v) is 13.5. The number of phosphoric ester groups is 1. The van der Waals surface area contributed by atoms with Crippen molar-refractivity contribution < 1.29 is 56.3 Å². The van der Waals surface area contributed by atoms with Gasteiger partial charge in [0.15, 0.2) is 23.0 Å². The molecule has 0 bridgehead atoms. The first-order valence-electron chi connectivity index (χ1n) is 9.01. The number of rotatable bonds is 9. The smallest absolute Gasteiger partial charge is 0.373 e. The van der Waals surface area contributed by atoms with Gasteiger partial charge in [-0.05, 0) is 0 Å². The summed E-state index contributed by atoms with van der Waals surface area (Å²) in [4.78, 5) is 58.2. The van der Waals surface area contributed by atoms with Crippen LogP contribution in [0.5, 0.6) is 0 Å². The highest BCUT2D eigenvalue weighted by Gasteiger charge is 2.56. The van der Waals surface area contributed by atoms with Gasteiger partial charge < -0.3 is 35.2 Å². The fraction of sp³-hybridized carbons (Fsp3) is 0.357. The number of nitrogens with one attached hydrogen (secondary N) is 1. The molecule has 1 aliphatic heterocycles. The van der Waals surface area contributed by atoms with Crippen LogP contribution in [0.25, 0.3) is 11.2 Å². The van der Waals surface area contributed by atoms with Crippen molar-refractivity contribution in [3.63, 3.8) is 0 Å². The molecule has 1 aliphatic rings. The quantitative estimate of drug-likeness (QED) is 0.112. The van der Waals surface area contributed by atoms with E-state index in [0.717, 1.165) is 17.0 Å². The Morgan fingerprint density at radius 3 is 2.54 bits per heavy atom. The van der Waals surface area contributed by atoms with Gasteiger partial charge in [0.2, 0.25) is 5.95 Å². The molecular weight excluding hydrogens is 539 g/mol. The standard InChI is InChI=1S/C14H18N5O13P3/c1-3-7-8(5-29-34(25,26)32-35(27,28)31-33(22,23)24)30-12(14(7,21)4-2)19-6-16-9-10(19)17-13(15)18-11(9)20/h2-3,6-8,12,21H,1,5H2,(H,25,26)(H,27,28)(H2,22,23,24)(H3,15,17,18,20). The minimum Gasteiger partial charge on any atom is -0.373 e. The highest BCUT2D eigenvalue weighted by molar-refractivity contribution is 7.66. The predicted molar refractivity (Wildman–Crippen MR) is 114 cm³/mol. The number of nitrogens with two attached hydrogens (primary N) is 1. The van der Waals surface area contributed by atoms with Crippen molar-refractivity contribution in [2.45, 2.75) is 17.9 Å². The van der Waals surface area contributed by atoms with E-state index in [-0.39, 0.29) is 17.1 Å². The summed E-state index contributed by atoms with van der Waals surface area (Å²) in [6, 6.07) is 0. The second kappa shape index (κ2) is 9.34. The lowest BCUT2D eigenvalue weighted by Crippen LogP contribution is -2.40. The number of aromatic nitrogens is 4. The summed E-state index contributed by atoms with van der Waals surface area (Å²) in [5, 5.41) is 11.2. The zero-order valence-electron chi connectivity index (χ0n) is 17.1. The molecule has 0 aliphatic carbocycles. The highest BCUT2D eigenvalue weighted by atomic mass is 31.3. The average molecular weight is 557 g/mol. The van der Waals surface area contributed by atoms with Crippen molar-refractivity contribution in [3.05, 3.63) is 29.3 Å². The van der Waals surface area contributed by atoms with Crippen LogP contribution >= 0.6 is 23.5 Å². The maximum Gasteiger partial charge on any atom is 0.490 e. The van der Waals surface area contributed by atoms with E-state index in [9.17, 15) is 33.4 Å². The molecule has 6 atom stereocenters. The van der Waals surface area contributed by atoms with Gasteiger partial charge >= 0.3 is 23.5 Å². The molecule has 1 fully saturated rings. The number of nitrogen functional groups attached to an aromatic ring is 1. The Morgan fingerprint density at radius 2 is 1.97 bits per heavy atom. The number of hydrogen-bond acceptors (Lipinski definition) is 12. The summed E-state index contributed by atoms with van der Waals surface area (Å²) < 4.78 is 52.9. The van der Waals surface area contributed by atoms with E-state index in [2.05, 4.69) is 40.6 Å². The van der Waals surface area contributed by atoms with Crippen LogP contribution in [0.2, 0.25) is 0 Å². The van der Waals surface area contributed by atoms with Gasteiger partial charge in [-0.1, -0.05) is 12.0 Å². The lowest BCUT2D eigenvalue weighted by molar-refractivity contribution is -0.0695. The number of hydrogen-bond donors (Lipinski definition) is 7. The first kappa shape index (κ1) is 27.4. The van der Waals surface area contributed by atoms with Crippen molar-refractivity contribution in [2.75, 3.05) is 12.3 Å². The topological polar surface area (TPSA) is 279 Å². The van der Waals surface area contributed by atoms with Crippen LogP contribution in [0.1, 0.15) is 6.23 Å². The zero-order chi connectivity index (χ0) is 26.4. The van der Waals surface area contributed by atoms with Crippen molar-refractivity contribution in [3.8, 4) is 12.3 Å². The molecule has 0 saturated carbocycles. The number of nitrogens with zero attached hydrogens (tertiary/aromatic N) is 3. The Hall–Kier alpha value is -2.22. The monoisotopic (exact) mass is 557 g/mol. The van der Waals surface area contributed by atoms with Crippen LogP contribution in [0.15, 0.2) is 23.8 Å². The van der Waals surface area contributed by atoms with Gasteiger partial charge in [0.25, 0.3) is 5.56 Å². The molecular formula is C14H18N5O13P3. The normalized spacial score (nSPS) is 28.3. The SMILES string of the molecule is C#CC1(O)C(C=C)C(COP(=O)(O)OP(=O)(O)OP(=O)(O)O)OC1n1cnc2c(=O)[nH]c(N)nc21. The summed E-state index contributed by atoms with van der Waals surface area (Å²) in [7, 11) is -16.8. The fourth-order valence-corrected chi connectivity index (χ4v) is 6.34. The number of ether oxygens (including phenoxy) is 1. The molecule has 35 heavy (non-hydrogen) atoms. The van der Waals surface area contributed by atoms with Crippen molar-refractivity contribution in [1.82, 2.24) is 19.5 Å². The van der Waals surface area contributed by atoms with E-state index >= 15 is 0 Å². The van der Waals surface area contributed by atoms with Gasteiger partial charge in [0.05, 0.1) is 25.0 Å². The number of fused-ring (bicyclic) bond motifs is 1. The predicted octanol–water partition coefficient (Wildman–Crippen LogP) is -0.891. The third-order valence-corrected chi connectivity index (χ3v) is 8.40. The molecule has 0 spiro atoms. The number of aromatic amines is 1. The van der Waals surface area contributed by atoms with E-state index in [4.69, 9.17) is 26.7 Å². The third kappa shape index (κ3) is 5.79. The summed E-state index contributed by atoms with van der Waals surface area (Å²) in [5.74, 6) is 0.633. The Bertz CT molecular complexity index is 1390. The minimum atomic E-state index is -5.75. The maximum absolute atomic E-state index is 12.1. The molecule has 3 rings (SSSR count). The Labute approximate surface area is 194 Å². The highest BCUT2D eigenvalue weighted by Crippen LogP contribution is 2.66. The molecule has 6 unspecified atom stereocenters. The van der Waals surface area contributed by atoms with Gasteiger partial charge in [-0.2, -0.15) is 13.6 Å². The second-order valence-corrected chi connectivity index (χ2v) is 11.3. The number of H-pyrrole nitrogens is 1. The lowest BCUT2D eigenvalue weighted by atomic mass is 9.85. The van der Waals surface area contributed by atoms with Crippen molar-refractivity contribution in [1.29, 1.82) is 0 Å². The van der Waals surface area contributed by atoms with Gasteiger partial charge in [-0.15, -0.1) is 13.0 Å². The molecule has 18 nitrogen and oxygen atoms in total. The van der Waals surface area contributed by atoms with Gasteiger partial charge in [0, 0.05) is 0 Å². The number of phosphoric acid groups is 3. The molecule has 0 amide bonds. The molecule has 3 heterocycles. The lowest BCUT2D eigenvalue weighted by Gasteiger charge is -2.27. The maximum atomic E-state index is 12.1. The Balaban J connectivity index is 1.88. The minimum absolute atomic E-state index is 0.124. The molecule has 0 aromatic carbocycles. The largest absolute Gasteiger partial charge is 0.490 e. The number of anilines is 1. The molecule has 2 aromatic heterocycles. The summed E-state index contributed by atoms with van der Waals surface area (Å²) in [6.45, 7) is 2.60. The number of terminal acetylenes is 1. The van der Waals surface area contributed by atoms with Crippen LogP contribution < -0.4 is 11.3 Å². The molecule has 21 heteroatoms. The average Bonchev–Trinajstić information content (AvgIpc) is 3.22. The number of imidazole rings is 1. The van der Waals surface area contributed by atoms with Crippen LogP contribution in [0.3, 0.4) is 0 Å². The third-order valence-electron chi connectivity index (χ3n) is 4.60. The number of aliphatic hydroxyl groups is 1. The van der Waals surface area contributed by atoms with Gasteiger partial charge in [-0.25, -0.2) is 18.7 Å². The molecule has 2 aromatic rings. The zero-order valence-corrected chi connectivity index (χ0v) is 19.8. The van der Waals surface area contributed by atoms with Crippen molar-refractivity contribution >= 4 is 40.6 Å². The second-order valence-electron chi connectivity index (χ2n) is 6.92. The van der Waals surface area contributed by atoms with Crippen molar-refractivity contribution in [2.24, 2.45) is 5.92 Å². The van der Waals surface area contributed by atoms with Crippen LogP contribution in [0.4, 0.5) is 5.95 Å². The van der Waals surface area contributed by atoms with Crippen LogP contribution in [-0.4, -0.2) is 62.5 Å². The molecule has 192 valence electrons.